The monoisotopic (exact) mass is 502 g/mol. The topological polar surface area (TPSA) is 56.8 Å². The predicted molar refractivity (Wildman–Crippen MR) is 144 cm³/mol. The van der Waals surface area contributed by atoms with Crippen molar-refractivity contribution in [2.24, 2.45) is 0 Å². The van der Waals surface area contributed by atoms with Crippen molar-refractivity contribution in [1.82, 2.24) is 20.2 Å². The summed E-state index contributed by atoms with van der Waals surface area (Å²) in [6.45, 7) is 5.22. The van der Waals surface area contributed by atoms with Crippen LogP contribution in [0.5, 0.6) is 6.01 Å². The van der Waals surface area contributed by atoms with E-state index in [-0.39, 0.29) is 5.82 Å². The van der Waals surface area contributed by atoms with Gasteiger partial charge in [0.05, 0.1) is 12.2 Å². The zero-order valence-electron chi connectivity index (χ0n) is 21.5. The van der Waals surface area contributed by atoms with E-state index in [0.29, 0.717) is 42.7 Å². The highest BCUT2D eigenvalue weighted by atomic mass is 19.1. The number of piperazine rings is 1. The first-order valence-electron chi connectivity index (χ1n) is 13.8. The van der Waals surface area contributed by atoms with Gasteiger partial charge in [-0.05, 0) is 57.8 Å². The SMILES string of the molecule is CN1CCC[C@H]1COc1nc2c(c(N3CC4CCC(C3)N4)n1)CCN(c1cccc3c(F)cccc13)C2. The van der Waals surface area contributed by atoms with Gasteiger partial charge < -0.3 is 24.8 Å². The summed E-state index contributed by atoms with van der Waals surface area (Å²) in [6.07, 6.45) is 5.70. The van der Waals surface area contributed by atoms with E-state index in [1.807, 2.05) is 18.2 Å². The van der Waals surface area contributed by atoms with Gasteiger partial charge >= 0.3 is 6.01 Å². The first-order valence-corrected chi connectivity index (χ1v) is 13.8. The Kier molecular flexibility index (Phi) is 5.89. The molecule has 37 heavy (non-hydrogen) atoms. The smallest absolute Gasteiger partial charge is 0.318 e. The Bertz CT molecular complexity index is 1310. The second-order valence-electron chi connectivity index (χ2n) is 11.2. The molecule has 2 bridgehead atoms. The summed E-state index contributed by atoms with van der Waals surface area (Å²) in [5, 5.41) is 5.35. The van der Waals surface area contributed by atoms with Gasteiger partial charge in [-0.15, -0.1) is 0 Å². The molecule has 194 valence electrons. The number of nitrogens with zero attached hydrogens (tertiary/aromatic N) is 5. The Hall–Kier alpha value is -2.97. The molecule has 8 heteroatoms. The molecule has 7 nitrogen and oxygen atoms in total. The van der Waals surface area contributed by atoms with E-state index in [1.54, 1.807) is 6.07 Å². The quantitative estimate of drug-likeness (QED) is 0.570. The van der Waals surface area contributed by atoms with Gasteiger partial charge in [0, 0.05) is 59.8 Å². The van der Waals surface area contributed by atoms with Crippen molar-refractivity contribution in [3.05, 3.63) is 53.5 Å². The fraction of sp³-hybridized carbons (Fsp3) is 0.517. The molecule has 0 spiro atoms. The maximum Gasteiger partial charge on any atom is 0.318 e. The third kappa shape index (κ3) is 4.30. The highest BCUT2D eigenvalue weighted by Gasteiger charge is 2.35. The van der Waals surface area contributed by atoms with E-state index in [2.05, 4.69) is 33.1 Å². The van der Waals surface area contributed by atoms with Crippen LogP contribution in [0.25, 0.3) is 10.8 Å². The number of likely N-dealkylation sites (N-methyl/N-ethyl adjacent to an activating group) is 1. The molecule has 0 radical (unpaired) electrons. The van der Waals surface area contributed by atoms with Gasteiger partial charge in [-0.1, -0.05) is 24.3 Å². The number of nitrogens with one attached hydrogen (secondary N) is 1. The molecule has 7 rings (SSSR count). The summed E-state index contributed by atoms with van der Waals surface area (Å²) in [7, 11) is 2.17. The van der Waals surface area contributed by atoms with E-state index >= 15 is 0 Å². The number of halogens is 1. The number of anilines is 2. The van der Waals surface area contributed by atoms with Crippen molar-refractivity contribution >= 4 is 22.3 Å². The molecule has 3 atom stereocenters. The third-order valence-corrected chi connectivity index (χ3v) is 8.80. The fourth-order valence-electron chi connectivity index (χ4n) is 6.78. The second-order valence-corrected chi connectivity index (χ2v) is 11.2. The van der Waals surface area contributed by atoms with Gasteiger partial charge in [0.1, 0.15) is 18.2 Å². The number of hydrogen-bond donors (Lipinski definition) is 1. The minimum Gasteiger partial charge on any atom is -0.462 e. The number of hydrogen-bond acceptors (Lipinski definition) is 7. The zero-order chi connectivity index (χ0) is 24.9. The molecule has 5 heterocycles. The summed E-state index contributed by atoms with van der Waals surface area (Å²) in [5.74, 6) is 0.879. The largest absolute Gasteiger partial charge is 0.462 e. The van der Waals surface area contributed by atoms with Gasteiger partial charge in [-0.3, -0.25) is 0 Å². The number of aromatic nitrogens is 2. The van der Waals surface area contributed by atoms with E-state index in [1.165, 1.54) is 30.9 Å². The Morgan fingerprint density at radius 1 is 0.973 bits per heavy atom. The molecule has 2 unspecified atom stereocenters. The number of rotatable bonds is 5. The lowest BCUT2D eigenvalue weighted by Gasteiger charge is -2.37. The van der Waals surface area contributed by atoms with Crippen molar-refractivity contribution in [3.8, 4) is 6.01 Å². The normalized spacial score (nSPS) is 25.6. The lowest BCUT2D eigenvalue weighted by molar-refractivity contribution is 0.187. The molecule has 3 saturated heterocycles. The number of likely N-dealkylation sites (tertiary alicyclic amines) is 1. The van der Waals surface area contributed by atoms with Crippen LogP contribution in [-0.2, 0) is 13.0 Å². The predicted octanol–water partition coefficient (Wildman–Crippen LogP) is 3.75. The van der Waals surface area contributed by atoms with Crippen LogP contribution in [0.4, 0.5) is 15.9 Å². The molecule has 4 aliphatic rings. The van der Waals surface area contributed by atoms with Crippen LogP contribution < -0.4 is 19.9 Å². The molecule has 4 aliphatic heterocycles. The highest BCUT2D eigenvalue weighted by Crippen LogP contribution is 2.36. The fourth-order valence-corrected chi connectivity index (χ4v) is 6.78. The first-order chi connectivity index (χ1) is 18.1. The van der Waals surface area contributed by atoms with Gasteiger partial charge in [-0.25, -0.2) is 4.39 Å². The van der Waals surface area contributed by atoms with E-state index in [4.69, 9.17) is 14.7 Å². The first kappa shape index (κ1) is 23.2. The third-order valence-electron chi connectivity index (χ3n) is 8.80. The summed E-state index contributed by atoms with van der Waals surface area (Å²) < 4.78 is 20.8. The maximum absolute atomic E-state index is 14.5. The van der Waals surface area contributed by atoms with Crippen LogP contribution in [0.3, 0.4) is 0 Å². The summed E-state index contributed by atoms with van der Waals surface area (Å²) in [6, 6.07) is 13.2. The minimum absolute atomic E-state index is 0.178. The number of benzene rings is 2. The van der Waals surface area contributed by atoms with Crippen molar-refractivity contribution in [3.63, 3.8) is 0 Å². The Morgan fingerprint density at radius 3 is 2.59 bits per heavy atom. The molecule has 1 N–H and O–H groups in total. The van der Waals surface area contributed by atoms with Crippen LogP contribution >= 0.6 is 0 Å². The Morgan fingerprint density at radius 2 is 1.78 bits per heavy atom. The van der Waals surface area contributed by atoms with Crippen LogP contribution in [0.2, 0.25) is 0 Å². The second kappa shape index (κ2) is 9.40. The molecular formula is C29H35FN6O. The van der Waals surface area contributed by atoms with Crippen molar-refractivity contribution in [2.75, 3.05) is 49.6 Å². The van der Waals surface area contributed by atoms with E-state index < -0.39 is 0 Å². The molecule has 0 amide bonds. The lowest BCUT2D eigenvalue weighted by atomic mass is 10.0. The van der Waals surface area contributed by atoms with Gasteiger partial charge in [-0.2, -0.15) is 9.97 Å². The molecule has 3 fully saturated rings. The Labute approximate surface area is 217 Å². The van der Waals surface area contributed by atoms with Crippen molar-refractivity contribution in [1.29, 1.82) is 0 Å². The van der Waals surface area contributed by atoms with Crippen molar-refractivity contribution < 1.29 is 9.13 Å². The number of ether oxygens (including phenoxy) is 1. The van der Waals surface area contributed by atoms with Crippen LogP contribution in [0, 0.1) is 5.82 Å². The average molecular weight is 503 g/mol. The lowest BCUT2D eigenvalue weighted by Crippen LogP contribution is -2.52. The Balaban J connectivity index is 1.22. The molecule has 0 saturated carbocycles. The minimum atomic E-state index is -0.178. The summed E-state index contributed by atoms with van der Waals surface area (Å²) >= 11 is 0. The van der Waals surface area contributed by atoms with Crippen LogP contribution in [0.15, 0.2) is 36.4 Å². The molecule has 3 aromatic rings. The van der Waals surface area contributed by atoms with E-state index in [9.17, 15) is 4.39 Å². The van der Waals surface area contributed by atoms with Gasteiger partial charge in [0.15, 0.2) is 0 Å². The maximum atomic E-state index is 14.5. The standard InChI is InChI=1S/C29H35FN6O/c1-34-13-4-5-21(34)18-37-29-32-26-17-35(27-9-3-6-22-23(27)7-2-8-25(22)30)14-12-24(26)28(33-29)36-15-19-10-11-20(16-36)31-19/h2-3,6-9,19-21,31H,4-5,10-18H2,1H3/t19?,20?,21-/m0/s1. The van der Waals surface area contributed by atoms with Gasteiger partial charge in [0.2, 0.25) is 0 Å². The van der Waals surface area contributed by atoms with Gasteiger partial charge in [0.25, 0.3) is 0 Å². The van der Waals surface area contributed by atoms with Crippen molar-refractivity contribution in [2.45, 2.75) is 56.8 Å². The molecule has 2 aromatic carbocycles. The molecule has 1 aromatic heterocycles. The zero-order valence-corrected chi connectivity index (χ0v) is 21.5. The van der Waals surface area contributed by atoms with E-state index in [0.717, 1.165) is 61.6 Å². The molecular weight excluding hydrogens is 467 g/mol. The molecule has 0 aliphatic carbocycles. The summed E-state index contributed by atoms with van der Waals surface area (Å²) in [5.41, 5.74) is 3.33. The highest BCUT2D eigenvalue weighted by molar-refractivity contribution is 5.94. The van der Waals surface area contributed by atoms with Crippen LogP contribution in [0.1, 0.15) is 36.9 Å². The van der Waals surface area contributed by atoms with Crippen LogP contribution in [-0.4, -0.2) is 72.8 Å². The number of fused-ring (bicyclic) bond motifs is 4. The summed E-state index contributed by atoms with van der Waals surface area (Å²) in [4.78, 5) is 17.2. The average Bonchev–Trinajstić information content (AvgIpc) is 3.49.